The van der Waals surface area contributed by atoms with E-state index in [1.807, 2.05) is 23.0 Å². The highest BCUT2D eigenvalue weighted by Crippen LogP contribution is 2.16. The molecule has 0 bridgehead atoms. The molecule has 0 saturated carbocycles. The van der Waals surface area contributed by atoms with Crippen molar-refractivity contribution in [1.29, 1.82) is 0 Å². The van der Waals surface area contributed by atoms with Crippen LogP contribution in [-0.2, 0) is 27.7 Å². The number of nitrogens with one attached hydrogen (secondary N) is 1. The zero-order chi connectivity index (χ0) is 15.2. The molecule has 1 aromatic heterocycles. The van der Waals surface area contributed by atoms with Gasteiger partial charge in [-0.2, -0.15) is 0 Å². The van der Waals surface area contributed by atoms with Gasteiger partial charge in [0.1, 0.15) is 0 Å². The van der Waals surface area contributed by atoms with Crippen LogP contribution in [-0.4, -0.2) is 43.7 Å². The van der Waals surface area contributed by atoms with Crippen LogP contribution >= 0.6 is 0 Å². The van der Waals surface area contributed by atoms with E-state index < -0.39 is 14.6 Å². The number of ether oxygens (including phenoxy) is 1. The molecule has 0 radical (unpaired) electrons. The lowest BCUT2D eigenvalue weighted by Crippen LogP contribution is -2.31. The van der Waals surface area contributed by atoms with Gasteiger partial charge in [-0.05, 0) is 32.4 Å². The quantitative estimate of drug-likeness (QED) is 0.738. The first-order chi connectivity index (χ1) is 9.26. The van der Waals surface area contributed by atoms with Gasteiger partial charge in [0.25, 0.3) is 0 Å². The molecule has 1 aromatic rings. The molecule has 0 fully saturated rings. The Hall–Kier alpha value is -0.850. The fraction of sp³-hybridized carbons (Fsp3) is 0.714. The number of methoxy groups -OCH3 is 1. The number of nitrogens with zero attached hydrogens (tertiary/aromatic N) is 1. The van der Waals surface area contributed by atoms with E-state index in [9.17, 15) is 8.42 Å². The fourth-order valence-corrected chi connectivity index (χ4v) is 2.74. The first-order valence-electron chi connectivity index (χ1n) is 6.83. The summed E-state index contributed by atoms with van der Waals surface area (Å²) in [5.41, 5.74) is 1.15. The zero-order valence-corrected chi connectivity index (χ0v) is 13.7. The van der Waals surface area contributed by atoms with Crippen LogP contribution in [0, 0.1) is 0 Å². The molecule has 0 atom stereocenters. The first kappa shape index (κ1) is 17.2. The van der Waals surface area contributed by atoms with Gasteiger partial charge in [0.15, 0.2) is 9.84 Å². The standard InChI is InChI=1S/C14H26N2O3S/c1-14(2,3)20(17,18)10-8-16-7-5-13(12-16)11-15-6-9-19-4/h5,7,12,15H,6,8-11H2,1-4H3. The van der Waals surface area contributed by atoms with E-state index in [2.05, 4.69) is 5.32 Å². The van der Waals surface area contributed by atoms with Gasteiger partial charge < -0.3 is 14.6 Å². The van der Waals surface area contributed by atoms with Gasteiger partial charge in [0, 0.05) is 39.1 Å². The Balaban J connectivity index is 2.45. The lowest BCUT2D eigenvalue weighted by Gasteiger charge is -2.19. The molecule has 0 saturated heterocycles. The second kappa shape index (κ2) is 7.24. The molecule has 0 spiro atoms. The van der Waals surface area contributed by atoms with Crippen molar-refractivity contribution in [3.63, 3.8) is 0 Å². The monoisotopic (exact) mass is 302 g/mol. The number of rotatable bonds is 8. The minimum Gasteiger partial charge on any atom is -0.383 e. The van der Waals surface area contributed by atoms with E-state index in [4.69, 9.17) is 4.74 Å². The predicted octanol–water partition coefficient (Wildman–Crippen LogP) is 1.44. The number of aromatic nitrogens is 1. The lowest BCUT2D eigenvalue weighted by molar-refractivity contribution is 0.199. The summed E-state index contributed by atoms with van der Waals surface area (Å²) in [6.45, 7) is 7.97. The van der Waals surface area contributed by atoms with Crippen LogP contribution in [0.4, 0.5) is 0 Å². The largest absolute Gasteiger partial charge is 0.383 e. The van der Waals surface area contributed by atoms with Crippen LogP contribution in [0.1, 0.15) is 26.3 Å². The Morgan fingerprint density at radius 2 is 2.05 bits per heavy atom. The summed E-state index contributed by atoms with van der Waals surface area (Å²) in [5, 5.41) is 3.26. The Morgan fingerprint density at radius 3 is 2.65 bits per heavy atom. The average molecular weight is 302 g/mol. The highest BCUT2D eigenvalue weighted by atomic mass is 32.2. The van der Waals surface area contributed by atoms with Crippen molar-refractivity contribution in [2.75, 3.05) is 26.0 Å². The predicted molar refractivity (Wildman–Crippen MR) is 81.6 cm³/mol. The maximum absolute atomic E-state index is 12.0. The highest BCUT2D eigenvalue weighted by molar-refractivity contribution is 7.92. The maximum Gasteiger partial charge on any atom is 0.156 e. The molecule has 0 aliphatic rings. The molecule has 0 aliphatic heterocycles. The third-order valence-electron chi connectivity index (χ3n) is 3.18. The van der Waals surface area contributed by atoms with Gasteiger partial charge in [0.05, 0.1) is 17.1 Å². The summed E-state index contributed by atoms with van der Waals surface area (Å²) in [7, 11) is -1.39. The summed E-state index contributed by atoms with van der Waals surface area (Å²) in [6.07, 6.45) is 3.91. The molecule has 1 heterocycles. The van der Waals surface area contributed by atoms with E-state index >= 15 is 0 Å². The maximum atomic E-state index is 12.0. The molecule has 1 N–H and O–H groups in total. The van der Waals surface area contributed by atoms with E-state index in [1.165, 1.54) is 0 Å². The Bertz CT molecular complexity index is 501. The minimum atomic E-state index is -3.06. The van der Waals surface area contributed by atoms with E-state index in [-0.39, 0.29) is 5.75 Å². The summed E-state index contributed by atoms with van der Waals surface area (Å²) in [4.78, 5) is 0. The molecule has 116 valence electrons. The highest BCUT2D eigenvalue weighted by Gasteiger charge is 2.28. The smallest absolute Gasteiger partial charge is 0.156 e. The Morgan fingerprint density at radius 1 is 1.35 bits per heavy atom. The van der Waals surface area contributed by atoms with E-state index in [0.717, 1.165) is 18.7 Å². The van der Waals surface area contributed by atoms with Crippen molar-refractivity contribution in [1.82, 2.24) is 9.88 Å². The molecule has 1 rings (SSSR count). The fourth-order valence-electron chi connectivity index (χ4n) is 1.67. The summed E-state index contributed by atoms with van der Waals surface area (Å²) >= 11 is 0. The van der Waals surface area contributed by atoms with Crippen molar-refractivity contribution in [3.05, 3.63) is 24.0 Å². The summed E-state index contributed by atoms with van der Waals surface area (Å²) in [6, 6.07) is 2.00. The van der Waals surface area contributed by atoms with Crippen molar-refractivity contribution >= 4 is 9.84 Å². The topological polar surface area (TPSA) is 60.3 Å². The Kier molecular flexibility index (Phi) is 6.23. The number of hydrogen-bond acceptors (Lipinski definition) is 4. The third-order valence-corrected chi connectivity index (χ3v) is 5.76. The SMILES string of the molecule is COCCNCc1ccn(CCS(=O)(=O)C(C)(C)C)c1. The second-order valence-corrected chi connectivity index (χ2v) is 8.72. The van der Waals surface area contributed by atoms with Gasteiger partial charge in [-0.1, -0.05) is 0 Å². The van der Waals surface area contributed by atoms with Gasteiger partial charge in [-0.25, -0.2) is 8.42 Å². The molecule has 0 aliphatic carbocycles. The normalized spacial score (nSPS) is 12.8. The van der Waals surface area contributed by atoms with Crippen molar-refractivity contribution in [3.8, 4) is 0 Å². The third kappa shape index (κ3) is 5.26. The molecule has 0 amide bonds. The van der Waals surface area contributed by atoms with Crippen molar-refractivity contribution in [2.24, 2.45) is 0 Å². The lowest BCUT2D eigenvalue weighted by atomic mass is 10.3. The van der Waals surface area contributed by atoms with Gasteiger partial charge in [-0.3, -0.25) is 0 Å². The summed E-state index contributed by atoms with van der Waals surface area (Å²) in [5.74, 6) is 0.168. The first-order valence-corrected chi connectivity index (χ1v) is 8.48. The van der Waals surface area contributed by atoms with Gasteiger partial charge >= 0.3 is 0 Å². The van der Waals surface area contributed by atoms with E-state index in [1.54, 1.807) is 27.9 Å². The van der Waals surface area contributed by atoms with Crippen LogP contribution in [0.25, 0.3) is 0 Å². The van der Waals surface area contributed by atoms with E-state index in [0.29, 0.717) is 13.2 Å². The molecule has 5 nitrogen and oxygen atoms in total. The van der Waals surface area contributed by atoms with Gasteiger partial charge in [-0.15, -0.1) is 0 Å². The van der Waals surface area contributed by atoms with Crippen LogP contribution < -0.4 is 5.32 Å². The van der Waals surface area contributed by atoms with Crippen LogP contribution in [0.15, 0.2) is 18.5 Å². The molecular formula is C14H26N2O3S. The number of hydrogen-bond donors (Lipinski definition) is 1. The van der Waals surface area contributed by atoms with Crippen LogP contribution in [0.5, 0.6) is 0 Å². The zero-order valence-electron chi connectivity index (χ0n) is 12.8. The molecule has 0 aromatic carbocycles. The van der Waals surface area contributed by atoms with Gasteiger partial charge in [0.2, 0.25) is 0 Å². The Labute approximate surface area is 122 Å². The molecule has 6 heteroatoms. The second-order valence-electron chi connectivity index (χ2n) is 5.86. The molecule has 0 unspecified atom stereocenters. The summed E-state index contributed by atoms with van der Waals surface area (Å²) < 4.78 is 30.3. The minimum absolute atomic E-state index is 0.168. The van der Waals surface area contributed by atoms with Crippen LogP contribution in [0.3, 0.4) is 0 Å². The van der Waals surface area contributed by atoms with Crippen molar-refractivity contribution in [2.45, 2.75) is 38.6 Å². The van der Waals surface area contributed by atoms with Crippen molar-refractivity contribution < 1.29 is 13.2 Å². The number of sulfone groups is 1. The number of aryl methyl sites for hydroxylation is 1. The molecule has 20 heavy (non-hydrogen) atoms. The average Bonchev–Trinajstić information content (AvgIpc) is 2.79. The van der Waals surface area contributed by atoms with Crippen LogP contribution in [0.2, 0.25) is 0 Å². The molecular weight excluding hydrogens is 276 g/mol.